The van der Waals surface area contributed by atoms with E-state index in [4.69, 9.17) is 11.2 Å². The second kappa shape index (κ2) is 16.3. The third-order valence-corrected chi connectivity index (χ3v) is 6.22. The molecular formula is C32H43N3O5. The third kappa shape index (κ3) is 10.7. The maximum Gasteiger partial charge on any atom is 0.408 e. The standard InChI is InChI=1S/C32H43N3O5/c1-6-8-9-10-14-21-35(30(38)27(23-36)34-31(39)40-32(3,4)5)28(26-19-17-24(7-2)18-20-26)29(37)33-22-25-15-12-11-13-16-25/h2,11-13,15-20,27-28,36H,6,8-10,14,21-23H2,1,3-5H3,(H,33,37)(H,34,39). The second-order valence-corrected chi connectivity index (χ2v) is 10.7. The number of benzene rings is 2. The Kier molecular flexibility index (Phi) is 13.2. The zero-order valence-electron chi connectivity index (χ0n) is 24.1. The minimum absolute atomic E-state index is 0.259. The van der Waals surface area contributed by atoms with Crippen LogP contribution in [0.15, 0.2) is 54.6 Å². The van der Waals surface area contributed by atoms with E-state index in [0.29, 0.717) is 17.5 Å². The third-order valence-electron chi connectivity index (χ3n) is 6.22. The summed E-state index contributed by atoms with van der Waals surface area (Å²) < 4.78 is 5.30. The minimum Gasteiger partial charge on any atom is -0.444 e. The topological polar surface area (TPSA) is 108 Å². The van der Waals surface area contributed by atoms with Crippen LogP contribution < -0.4 is 10.6 Å². The number of hydrogen-bond acceptors (Lipinski definition) is 5. The van der Waals surface area contributed by atoms with Gasteiger partial charge in [0.1, 0.15) is 17.7 Å². The smallest absolute Gasteiger partial charge is 0.408 e. The van der Waals surface area contributed by atoms with Gasteiger partial charge in [-0.1, -0.05) is 81.0 Å². The summed E-state index contributed by atoms with van der Waals surface area (Å²) in [5.74, 6) is 1.61. The van der Waals surface area contributed by atoms with Crippen molar-refractivity contribution >= 4 is 17.9 Å². The Bertz CT molecular complexity index is 1120. The number of aliphatic hydroxyl groups is 1. The highest BCUT2D eigenvalue weighted by Crippen LogP contribution is 2.24. The Hall–Kier alpha value is -3.83. The van der Waals surface area contributed by atoms with Gasteiger partial charge in [0.2, 0.25) is 11.8 Å². The lowest BCUT2D eigenvalue weighted by molar-refractivity contribution is -0.143. The minimum atomic E-state index is -1.29. The first-order chi connectivity index (χ1) is 19.1. The van der Waals surface area contributed by atoms with E-state index in [9.17, 15) is 19.5 Å². The predicted octanol–water partition coefficient (Wildman–Crippen LogP) is 4.71. The van der Waals surface area contributed by atoms with Crippen LogP contribution in [-0.2, 0) is 20.9 Å². The van der Waals surface area contributed by atoms with E-state index in [0.717, 1.165) is 31.2 Å². The Morgan fingerprint density at radius 2 is 1.65 bits per heavy atom. The van der Waals surface area contributed by atoms with Gasteiger partial charge in [-0.25, -0.2) is 4.79 Å². The molecule has 0 spiro atoms. The van der Waals surface area contributed by atoms with Gasteiger partial charge in [0.15, 0.2) is 0 Å². The first-order valence-electron chi connectivity index (χ1n) is 13.9. The van der Waals surface area contributed by atoms with E-state index in [2.05, 4.69) is 23.5 Å². The van der Waals surface area contributed by atoms with Crippen LogP contribution >= 0.6 is 0 Å². The van der Waals surface area contributed by atoms with Gasteiger partial charge in [0.25, 0.3) is 0 Å². The zero-order valence-corrected chi connectivity index (χ0v) is 24.1. The molecule has 8 heteroatoms. The van der Waals surface area contributed by atoms with Crippen molar-refractivity contribution in [3.05, 3.63) is 71.3 Å². The number of hydrogen-bond donors (Lipinski definition) is 3. The molecule has 0 aliphatic carbocycles. The van der Waals surface area contributed by atoms with Crippen molar-refractivity contribution in [3.8, 4) is 12.3 Å². The highest BCUT2D eigenvalue weighted by molar-refractivity contribution is 5.92. The van der Waals surface area contributed by atoms with Crippen LogP contribution in [0.3, 0.4) is 0 Å². The normalized spacial score (nSPS) is 12.5. The van der Waals surface area contributed by atoms with Crippen molar-refractivity contribution in [2.24, 2.45) is 0 Å². The van der Waals surface area contributed by atoms with E-state index in [1.165, 1.54) is 4.90 Å². The van der Waals surface area contributed by atoms with Gasteiger partial charge in [-0.15, -0.1) is 6.42 Å². The number of unbranched alkanes of at least 4 members (excludes halogenated alkanes) is 4. The molecule has 216 valence electrons. The average molecular weight is 550 g/mol. The highest BCUT2D eigenvalue weighted by Gasteiger charge is 2.35. The molecule has 0 saturated heterocycles. The fraction of sp³-hybridized carbons (Fsp3) is 0.469. The van der Waals surface area contributed by atoms with Crippen LogP contribution in [0.2, 0.25) is 0 Å². The maximum absolute atomic E-state index is 13.9. The molecule has 0 aliphatic heterocycles. The lowest BCUT2D eigenvalue weighted by Gasteiger charge is -2.34. The number of aliphatic hydroxyl groups excluding tert-OH is 1. The number of alkyl carbamates (subject to hydrolysis) is 1. The second-order valence-electron chi connectivity index (χ2n) is 10.7. The van der Waals surface area contributed by atoms with E-state index < -0.39 is 36.3 Å². The monoisotopic (exact) mass is 549 g/mol. The van der Waals surface area contributed by atoms with Gasteiger partial charge in [-0.2, -0.15) is 0 Å². The SMILES string of the molecule is C#Cc1ccc(C(C(=O)NCc2ccccc2)N(CCCCCCC)C(=O)C(CO)NC(=O)OC(C)(C)C)cc1. The molecule has 2 rings (SSSR count). The lowest BCUT2D eigenvalue weighted by atomic mass is 10.0. The number of nitrogens with zero attached hydrogens (tertiary/aromatic N) is 1. The lowest BCUT2D eigenvalue weighted by Crippen LogP contribution is -2.54. The molecule has 2 unspecified atom stereocenters. The number of carbonyl (C=O) groups excluding carboxylic acids is 3. The molecule has 3 amide bonds. The van der Waals surface area contributed by atoms with Gasteiger partial charge < -0.3 is 25.4 Å². The van der Waals surface area contributed by atoms with Crippen LogP contribution in [0, 0.1) is 12.3 Å². The van der Waals surface area contributed by atoms with Gasteiger partial charge in [0, 0.05) is 18.7 Å². The molecule has 2 atom stereocenters. The number of rotatable bonds is 14. The van der Waals surface area contributed by atoms with Crippen molar-refractivity contribution in [1.82, 2.24) is 15.5 Å². The Balaban J connectivity index is 2.41. The van der Waals surface area contributed by atoms with Gasteiger partial charge in [-0.3, -0.25) is 9.59 Å². The molecular weight excluding hydrogens is 506 g/mol. The van der Waals surface area contributed by atoms with Crippen LogP contribution in [-0.4, -0.2) is 52.7 Å². The summed E-state index contributed by atoms with van der Waals surface area (Å²) in [6.07, 6.45) is 9.37. The number of terminal acetylenes is 1. The molecule has 40 heavy (non-hydrogen) atoms. The highest BCUT2D eigenvalue weighted by atomic mass is 16.6. The molecule has 3 N–H and O–H groups in total. The molecule has 8 nitrogen and oxygen atoms in total. The molecule has 0 bridgehead atoms. The van der Waals surface area contributed by atoms with Crippen molar-refractivity contribution in [1.29, 1.82) is 0 Å². The van der Waals surface area contributed by atoms with E-state index in [1.54, 1.807) is 45.0 Å². The summed E-state index contributed by atoms with van der Waals surface area (Å²) >= 11 is 0. The number of carbonyl (C=O) groups is 3. The molecule has 0 saturated carbocycles. The van der Waals surface area contributed by atoms with Gasteiger partial charge >= 0.3 is 6.09 Å². The van der Waals surface area contributed by atoms with E-state index >= 15 is 0 Å². The van der Waals surface area contributed by atoms with E-state index in [-0.39, 0.29) is 19.0 Å². The summed E-state index contributed by atoms with van der Waals surface area (Å²) in [4.78, 5) is 41.6. The number of ether oxygens (including phenoxy) is 1. The molecule has 2 aromatic carbocycles. The van der Waals surface area contributed by atoms with Crippen LogP contribution in [0.5, 0.6) is 0 Å². The summed E-state index contributed by atoms with van der Waals surface area (Å²) in [5.41, 5.74) is 1.34. The molecule has 0 radical (unpaired) electrons. The molecule has 2 aromatic rings. The van der Waals surface area contributed by atoms with Gasteiger partial charge in [-0.05, 0) is 50.5 Å². The first-order valence-corrected chi connectivity index (χ1v) is 13.9. The predicted molar refractivity (Wildman–Crippen MR) is 156 cm³/mol. The zero-order chi connectivity index (χ0) is 29.5. The fourth-order valence-corrected chi connectivity index (χ4v) is 4.20. The molecule has 0 aliphatic rings. The summed E-state index contributed by atoms with van der Waals surface area (Å²) in [7, 11) is 0. The van der Waals surface area contributed by atoms with Crippen molar-refractivity contribution < 1.29 is 24.2 Å². The summed E-state index contributed by atoms with van der Waals surface area (Å²) in [6.45, 7) is 7.12. The maximum atomic E-state index is 13.9. The average Bonchev–Trinajstić information content (AvgIpc) is 2.93. The van der Waals surface area contributed by atoms with Crippen LogP contribution in [0.4, 0.5) is 4.79 Å². The summed E-state index contributed by atoms with van der Waals surface area (Å²) in [6, 6.07) is 14.1. The quantitative estimate of drug-likeness (QED) is 0.234. The van der Waals surface area contributed by atoms with Gasteiger partial charge in [0.05, 0.1) is 6.61 Å². The molecule has 0 aromatic heterocycles. The Labute approximate surface area is 238 Å². The number of amides is 3. The molecule has 0 heterocycles. The summed E-state index contributed by atoms with van der Waals surface area (Å²) in [5, 5.41) is 15.5. The van der Waals surface area contributed by atoms with Crippen molar-refractivity contribution in [2.45, 2.75) is 84.0 Å². The van der Waals surface area contributed by atoms with Crippen LogP contribution in [0.1, 0.15) is 82.5 Å². The van der Waals surface area contributed by atoms with Crippen LogP contribution in [0.25, 0.3) is 0 Å². The molecule has 0 fully saturated rings. The number of nitrogens with one attached hydrogen (secondary N) is 2. The fourth-order valence-electron chi connectivity index (χ4n) is 4.20. The largest absolute Gasteiger partial charge is 0.444 e. The van der Waals surface area contributed by atoms with E-state index in [1.807, 2.05) is 30.3 Å². The first kappa shape index (κ1) is 32.4. The Morgan fingerprint density at radius 3 is 2.23 bits per heavy atom. The Morgan fingerprint density at radius 1 is 1.00 bits per heavy atom. The van der Waals surface area contributed by atoms with Crippen molar-refractivity contribution in [2.75, 3.05) is 13.2 Å². The van der Waals surface area contributed by atoms with Crippen molar-refractivity contribution in [3.63, 3.8) is 0 Å².